The Morgan fingerprint density at radius 2 is 1.77 bits per heavy atom. The largest absolute Gasteiger partial charge is 0.496 e. The number of carbonyl (C=O) groups is 1. The smallest absolute Gasteiger partial charge is 0.236 e. The highest BCUT2D eigenvalue weighted by molar-refractivity contribution is 8.01. The van der Waals surface area contributed by atoms with Crippen LogP contribution in [0.25, 0.3) is 0 Å². The molecule has 1 saturated heterocycles. The van der Waals surface area contributed by atoms with E-state index in [1.807, 2.05) is 54.3 Å². The summed E-state index contributed by atoms with van der Waals surface area (Å²) in [7, 11) is 1.67. The van der Waals surface area contributed by atoms with Crippen molar-refractivity contribution in [1.29, 1.82) is 0 Å². The number of carbonyl (C=O) groups excluding carboxylic acids is 1. The second-order valence-electron chi connectivity index (χ2n) is 5.32. The summed E-state index contributed by atoms with van der Waals surface area (Å²) in [6, 6.07) is 18.0. The lowest BCUT2D eigenvalue weighted by atomic mass is 10.1. The molecular formula is C18H19NO2S. The summed E-state index contributed by atoms with van der Waals surface area (Å²) in [5, 5.41) is -0.0301. The minimum Gasteiger partial charge on any atom is -0.496 e. The number of nitrogens with zero attached hydrogens (tertiary/aromatic N) is 1. The summed E-state index contributed by atoms with van der Waals surface area (Å²) in [6.45, 7) is 2.60. The third-order valence-corrected chi connectivity index (χ3v) is 5.22. The van der Waals surface area contributed by atoms with Gasteiger partial charge in [-0.15, -0.1) is 11.8 Å². The lowest BCUT2D eigenvalue weighted by molar-refractivity contribution is -0.130. The summed E-state index contributed by atoms with van der Waals surface area (Å²) in [4.78, 5) is 14.5. The number of benzene rings is 2. The molecule has 2 atom stereocenters. The summed E-state index contributed by atoms with van der Waals surface area (Å²) in [5.41, 5.74) is 2.20. The zero-order valence-corrected chi connectivity index (χ0v) is 13.5. The van der Waals surface area contributed by atoms with Crippen molar-refractivity contribution in [2.75, 3.05) is 7.11 Å². The third kappa shape index (κ3) is 2.83. The van der Waals surface area contributed by atoms with E-state index in [2.05, 4.69) is 12.1 Å². The van der Waals surface area contributed by atoms with Crippen molar-refractivity contribution in [3.05, 3.63) is 65.7 Å². The quantitative estimate of drug-likeness (QED) is 0.858. The number of ether oxygens (including phenoxy) is 1. The van der Waals surface area contributed by atoms with E-state index in [4.69, 9.17) is 4.74 Å². The highest BCUT2D eigenvalue weighted by Crippen LogP contribution is 2.46. The Morgan fingerprint density at radius 3 is 2.50 bits per heavy atom. The maximum Gasteiger partial charge on any atom is 0.236 e. The van der Waals surface area contributed by atoms with Gasteiger partial charge in [-0.3, -0.25) is 4.79 Å². The van der Waals surface area contributed by atoms with E-state index in [1.165, 1.54) is 0 Å². The van der Waals surface area contributed by atoms with Crippen LogP contribution in [0.4, 0.5) is 0 Å². The summed E-state index contributed by atoms with van der Waals surface area (Å²) < 4.78 is 5.48. The van der Waals surface area contributed by atoms with Gasteiger partial charge in [0.05, 0.1) is 12.4 Å². The van der Waals surface area contributed by atoms with Gasteiger partial charge in [0.25, 0.3) is 0 Å². The van der Waals surface area contributed by atoms with E-state index < -0.39 is 0 Å². The average molecular weight is 313 g/mol. The molecule has 0 N–H and O–H groups in total. The lowest BCUT2D eigenvalue weighted by Gasteiger charge is -2.25. The molecule has 2 aromatic rings. The molecule has 3 nitrogen and oxygen atoms in total. The van der Waals surface area contributed by atoms with Crippen LogP contribution < -0.4 is 4.74 Å². The molecule has 2 unspecified atom stereocenters. The molecule has 0 aromatic heterocycles. The molecule has 3 rings (SSSR count). The van der Waals surface area contributed by atoms with Gasteiger partial charge in [-0.05, 0) is 18.6 Å². The molecule has 0 spiro atoms. The second kappa shape index (κ2) is 6.44. The summed E-state index contributed by atoms with van der Waals surface area (Å²) >= 11 is 1.68. The number of thioether (sulfide) groups is 1. The fourth-order valence-corrected chi connectivity index (χ4v) is 4.03. The Hall–Kier alpha value is -1.94. The Morgan fingerprint density at radius 1 is 1.09 bits per heavy atom. The van der Waals surface area contributed by atoms with E-state index in [0.717, 1.165) is 16.9 Å². The van der Waals surface area contributed by atoms with Gasteiger partial charge in [0.1, 0.15) is 11.1 Å². The van der Waals surface area contributed by atoms with Gasteiger partial charge in [-0.2, -0.15) is 0 Å². The molecule has 0 aliphatic carbocycles. The molecular weight excluding hydrogens is 294 g/mol. The zero-order chi connectivity index (χ0) is 15.5. The van der Waals surface area contributed by atoms with Crippen LogP contribution in [-0.2, 0) is 11.3 Å². The van der Waals surface area contributed by atoms with Crippen LogP contribution in [0.5, 0.6) is 5.75 Å². The van der Waals surface area contributed by atoms with E-state index in [-0.39, 0.29) is 16.5 Å². The fraction of sp³-hybridized carbons (Fsp3) is 0.278. The maximum atomic E-state index is 12.6. The molecule has 0 bridgehead atoms. The monoisotopic (exact) mass is 313 g/mol. The minimum absolute atomic E-state index is 0.00106. The zero-order valence-electron chi connectivity index (χ0n) is 12.7. The van der Waals surface area contributed by atoms with Crippen LogP contribution >= 0.6 is 11.8 Å². The van der Waals surface area contributed by atoms with Crippen LogP contribution in [-0.4, -0.2) is 23.2 Å². The Kier molecular flexibility index (Phi) is 4.39. The van der Waals surface area contributed by atoms with Crippen LogP contribution in [0, 0.1) is 0 Å². The molecule has 1 aliphatic rings. The van der Waals surface area contributed by atoms with Crippen molar-refractivity contribution in [2.45, 2.75) is 24.1 Å². The van der Waals surface area contributed by atoms with Crippen LogP contribution in [0.2, 0.25) is 0 Å². The van der Waals surface area contributed by atoms with Crippen LogP contribution in [0.1, 0.15) is 23.4 Å². The maximum absolute atomic E-state index is 12.6. The van der Waals surface area contributed by atoms with Crippen LogP contribution in [0.15, 0.2) is 54.6 Å². The number of methoxy groups -OCH3 is 1. The number of hydrogen-bond donors (Lipinski definition) is 0. The van der Waals surface area contributed by atoms with E-state index >= 15 is 0 Å². The van der Waals surface area contributed by atoms with Gasteiger partial charge in [0.15, 0.2) is 0 Å². The van der Waals surface area contributed by atoms with Gasteiger partial charge in [-0.25, -0.2) is 0 Å². The summed E-state index contributed by atoms with van der Waals surface area (Å²) in [6.07, 6.45) is 0. The first-order chi connectivity index (χ1) is 10.7. The number of rotatable bonds is 4. The normalized spacial score (nSPS) is 21.2. The van der Waals surface area contributed by atoms with Crippen molar-refractivity contribution in [2.24, 2.45) is 0 Å². The van der Waals surface area contributed by atoms with E-state index in [1.54, 1.807) is 18.9 Å². The molecule has 1 amide bonds. The highest BCUT2D eigenvalue weighted by Gasteiger charge is 2.39. The van der Waals surface area contributed by atoms with Gasteiger partial charge in [0.2, 0.25) is 5.91 Å². The van der Waals surface area contributed by atoms with Crippen molar-refractivity contribution in [1.82, 2.24) is 4.90 Å². The molecule has 1 fully saturated rings. The molecule has 1 aliphatic heterocycles. The number of para-hydroxylation sites is 1. The van der Waals surface area contributed by atoms with E-state index in [9.17, 15) is 4.79 Å². The SMILES string of the molecule is COc1ccccc1C1SC(C)C(=O)N1Cc1ccccc1. The van der Waals surface area contributed by atoms with Gasteiger partial charge in [-0.1, -0.05) is 48.5 Å². The first kappa shape index (κ1) is 15.0. The highest BCUT2D eigenvalue weighted by atomic mass is 32.2. The second-order valence-corrected chi connectivity index (χ2v) is 6.75. The van der Waals surface area contributed by atoms with Crippen molar-refractivity contribution >= 4 is 17.7 Å². The molecule has 4 heteroatoms. The Labute approximate surface area is 135 Å². The standard InChI is InChI=1S/C18H19NO2S/c1-13-17(20)19(12-14-8-4-3-5-9-14)18(22-13)15-10-6-7-11-16(15)21-2/h3-11,13,18H,12H2,1-2H3. The number of amides is 1. The number of hydrogen-bond acceptors (Lipinski definition) is 3. The topological polar surface area (TPSA) is 29.5 Å². The minimum atomic E-state index is -0.0291. The van der Waals surface area contributed by atoms with Crippen molar-refractivity contribution in [3.8, 4) is 5.75 Å². The Bertz CT molecular complexity index is 659. The van der Waals surface area contributed by atoms with Crippen molar-refractivity contribution in [3.63, 3.8) is 0 Å². The van der Waals surface area contributed by atoms with Gasteiger partial charge < -0.3 is 9.64 Å². The molecule has 0 radical (unpaired) electrons. The first-order valence-corrected chi connectivity index (χ1v) is 8.28. The van der Waals surface area contributed by atoms with Crippen molar-refractivity contribution < 1.29 is 9.53 Å². The summed E-state index contributed by atoms with van der Waals surface area (Å²) in [5.74, 6) is 1.02. The van der Waals surface area contributed by atoms with E-state index in [0.29, 0.717) is 6.54 Å². The molecule has 0 saturated carbocycles. The molecule has 1 heterocycles. The molecule has 2 aromatic carbocycles. The molecule has 22 heavy (non-hydrogen) atoms. The lowest BCUT2D eigenvalue weighted by Crippen LogP contribution is -2.29. The third-order valence-electron chi connectivity index (χ3n) is 3.85. The predicted octanol–water partition coefficient (Wildman–Crippen LogP) is 3.86. The predicted molar refractivity (Wildman–Crippen MR) is 89.8 cm³/mol. The van der Waals surface area contributed by atoms with Gasteiger partial charge >= 0.3 is 0 Å². The first-order valence-electron chi connectivity index (χ1n) is 7.33. The Balaban J connectivity index is 1.93. The van der Waals surface area contributed by atoms with Gasteiger partial charge in [0, 0.05) is 12.1 Å². The molecule has 114 valence electrons. The average Bonchev–Trinajstić information content (AvgIpc) is 2.84. The fourth-order valence-electron chi connectivity index (χ4n) is 2.73. The van der Waals surface area contributed by atoms with Crippen LogP contribution in [0.3, 0.4) is 0 Å².